The Kier molecular flexibility index (Phi) is 4.58. The summed E-state index contributed by atoms with van der Waals surface area (Å²) in [4.78, 5) is 10.9. The zero-order chi connectivity index (χ0) is 12.3. The minimum absolute atomic E-state index is 0.0297. The number of carbonyl (C=O) groups excluding carboxylic acids is 1. The molecule has 5 nitrogen and oxygen atoms in total. The van der Waals surface area contributed by atoms with Crippen LogP contribution in [0.4, 0.5) is 0 Å². The van der Waals surface area contributed by atoms with E-state index in [1.54, 1.807) is 6.92 Å². The molecule has 2 atom stereocenters. The quantitative estimate of drug-likeness (QED) is 0.713. The van der Waals surface area contributed by atoms with Crippen LogP contribution in [-0.4, -0.2) is 43.4 Å². The number of nitrogens with zero attached hydrogens (tertiary/aromatic N) is 1. The maximum absolute atomic E-state index is 11.9. The monoisotopic (exact) mass is 268 g/mol. The minimum Gasteiger partial charge on any atom is -0.369 e. The van der Waals surface area contributed by atoms with Gasteiger partial charge < -0.3 is 5.73 Å². The van der Waals surface area contributed by atoms with Crippen LogP contribution in [0.3, 0.4) is 0 Å². The molecule has 1 heterocycles. The van der Waals surface area contributed by atoms with Crippen molar-refractivity contribution in [2.45, 2.75) is 13.3 Å². The molecule has 2 N–H and O–H groups in total. The van der Waals surface area contributed by atoms with Crippen LogP contribution < -0.4 is 5.73 Å². The number of hydrogen-bond acceptors (Lipinski definition) is 3. The fourth-order valence-electron chi connectivity index (χ4n) is 1.72. The van der Waals surface area contributed by atoms with E-state index in [9.17, 15) is 13.2 Å². The molecular weight excluding hydrogens is 252 g/mol. The molecule has 1 amide bonds. The molecule has 0 aromatic heterocycles. The fraction of sp³-hybridized carbons (Fsp3) is 0.889. The van der Waals surface area contributed by atoms with Gasteiger partial charge in [0.1, 0.15) is 0 Å². The summed E-state index contributed by atoms with van der Waals surface area (Å²) >= 11 is 5.59. The number of rotatable bonds is 5. The summed E-state index contributed by atoms with van der Waals surface area (Å²) in [6.07, 6.45) is 0.518. The van der Waals surface area contributed by atoms with Crippen LogP contribution in [0.2, 0.25) is 0 Å². The molecule has 1 aliphatic heterocycles. The van der Waals surface area contributed by atoms with E-state index in [0.717, 1.165) is 0 Å². The lowest BCUT2D eigenvalue weighted by molar-refractivity contribution is -0.121. The molecule has 16 heavy (non-hydrogen) atoms. The van der Waals surface area contributed by atoms with Crippen molar-refractivity contribution in [3.8, 4) is 0 Å². The average Bonchev–Trinajstić information content (AvgIpc) is 2.66. The van der Waals surface area contributed by atoms with Crippen molar-refractivity contribution in [3.63, 3.8) is 0 Å². The van der Waals surface area contributed by atoms with E-state index in [4.69, 9.17) is 17.3 Å². The number of hydrogen-bond donors (Lipinski definition) is 1. The molecule has 0 spiro atoms. The van der Waals surface area contributed by atoms with Crippen LogP contribution in [0.5, 0.6) is 0 Å². The van der Waals surface area contributed by atoms with E-state index < -0.39 is 15.9 Å². The molecule has 94 valence electrons. The maximum atomic E-state index is 11.9. The third kappa shape index (κ3) is 3.33. The third-order valence-electron chi connectivity index (χ3n) is 2.71. The van der Waals surface area contributed by atoms with Gasteiger partial charge in [-0.2, -0.15) is 0 Å². The van der Waals surface area contributed by atoms with Crippen LogP contribution in [-0.2, 0) is 14.8 Å². The molecule has 1 rings (SSSR count). The molecule has 0 aromatic rings. The first kappa shape index (κ1) is 13.7. The lowest BCUT2D eigenvalue weighted by Gasteiger charge is -2.18. The number of alkyl halides is 1. The Morgan fingerprint density at radius 2 is 2.25 bits per heavy atom. The highest BCUT2D eigenvalue weighted by atomic mass is 35.5. The lowest BCUT2D eigenvalue weighted by Crippen LogP contribution is -2.35. The normalized spacial score (nSPS) is 24.5. The zero-order valence-corrected chi connectivity index (χ0v) is 10.8. The first-order valence-corrected chi connectivity index (χ1v) is 7.34. The van der Waals surface area contributed by atoms with Crippen molar-refractivity contribution in [2.75, 3.05) is 24.7 Å². The number of nitrogens with two attached hydrogens (primary N) is 1. The van der Waals surface area contributed by atoms with E-state index in [0.29, 0.717) is 18.8 Å². The van der Waals surface area contributed by atoms with Crippen molar-refractivity contribution in [3.05, 3.63) is 0 Å². The van der Waals surface area contributed by atoms with Gasteiger partial charge >= 0.3 is 0 Å². The highest BCUT2D eigenvalue weighted by Crippen LogP contribution is 2.20. The molecule has 0 aromatic carbocycles. The van der Waals surface area contributed by atoms with Gasteiger partial charge in [-0.1, -0.05) is 6.92 Å². The Hall–Kier alpha value is -0.330. The Labute approximate surface area is 101 Å². The number of primary amides is 1. The van der Waals surface area contributed by atoms with Gasteiger partial charge in [0.15, 0.2) is 0 Å². The Morgan fingerprint density at radius 3 is 2.69 bits per heavy atom. The van der Waals surface area contributed by atoms with Gasteiger partial charge in [0.2, 0.25) is 15.9 Å². The third-order valence-corrected chi connectivity index (χ3v) is 5.34. The van der Waals surface area contributed by atoms with Crippen molar-refractivity contribution in [2.24, 2.45) is 17.6 Å². The second-order valence-electron chi connectivity index (χ2n) is 4.28. The summed E-state index contributed by atoms with van der Waals surface area (Å²) in [6, 6.07) is 0. The van der Waals surface area contributed by atoms with Gasteiger partial charge in [-0.05, 0) is 12.3 Å². The molecule has 1 aliphatic rings. The molecule has 0 aliphatic carbocycles. The summed E-state index contributed by atoms with van der Waals surface area (Å²) < 4.78 is 25.1. The lowest BCUT2D eigenvalue weighted by atomic mass is 10.1. The van der Waals surface area contributed by atoms with Crippen molar-refractivity contribution < 1.29 is 13.2 Å². The van der Waals surface area contributed by atoms with Gasteiger partial charge in [0, 0.05) is 19.0 Å². The van der Waals surface area contributed by atoms with Crippen LogP contribution in [0.25, 0.3) is 0 Å². The SMILES string of the molecule is CC(CCl)CS(=O)(=O)N1CCC(C(N)=O)C1. The first-order valence-electron chi connectivity index (χ1n) is 5.20. The van der Waals surface area contributed by atoms with E-state index in [2.05, 4.69) is 0 Å². The summed E-state index contributed by atoms with van der Waals surface area (Å²) in [6.45, 7) is 2.38. The number of amides is 1. The van der Waals surface area contributed by atoms with Gasteiger partial charge in [-0.25, -0.2) is 12.7 Å². The second-order valence-corrected chi connectivity index (χ2v) is 6.61. The van der Waals surface area contributed by atoms with Crippen LogP contribution in [0.15, 0.2) is 0 Å². The average molecular weight is 269 g/mol. The topological polar surface area (TPSA) is 80.5 Å². The number of halogens is 1. The van der Waals surface area contributed by atoms with Crippen molar-refractivity contribution in [1.29, 1.82) is 0 Å². The standard InChI is InChI=1S/C9H17ClN2O3S/c1-7(4-10)6-16(14,15)12-3-2-8(5-12)9(11)13/h7-8H,2-6H2,1H3,(H2,11,13). The van der Waals surface area contributed by atoms with E-state index >= 15 is 0 Å². The number of carbonyl (C=O) groups is 1. The molecule has 2 unspecified atom stereocenters. The smallest absolute Gasteiger partial charge is 0.221 e. The maximum Gasteiger partial charge on any atom is 0.221 e. The minimum atomic E-state index is -3.30. The highest BCUT2D eigenvalue weighted by molar-refractivity contribution is 7.89. The second kappa shape index (κ2) is 5.33. The predicted molar refractivity (Wildman–Crippen MR) is 62.5 cm³/mol. The van der Waals surface area contributed by atoms with Gasteiger partial charge in [0.05, 0.1) is 11.7 Å². The molecule has 7 heteroatoms. The summed E-state index contributed by atoms with van der Waals surface area (Å²) in [5.41, 5.74) is 5.15. The van der Waals surface area contributed by atoms with Crippen LogP contribution in [0.1, 0.15) is 13.3 Å². The van der Waals surface area contributed by atoms with E-state index in [1.807, 2.05) is 0 Å². The Bertz CT molecular complexity index is 358. The zero-order valence-electron chi connectivity index (χ0n) is 9.23. The van der Waals surface area contributed by atoms with Crippen molar-refractivity contribution in [1.82, 2.24) is 4.31 Å². The summed E-state index contributed by atoms with van der Waals surface area (Å²) in [5, 5.41) is 0. The van der Waals surface area contributed by atoms with Gasteiger partial charge in [-0.3, -0.25) is 4.79 Å². The van der Waals surface area contributed by atoms with E-state index in [1.165, 1.54) is 4.31 Å². The van der Waals surface area contributed by atoms with E-state index in [-0.39, 0.29) is 24.1 Å². The summed E-state index contributed by atoms with van der Waals surface area (Å²) in [5.74, 6) is -0.516. The first-order chi connectivity index (χ1) is 7.36. The number of sulfonamides is 1. The predicted octanol–water partition coefficient (Wildman–Crippen LogP) is -0.00170. The fourth-order valence-corrected chi connectivity index (χ4v) is 3.80. The van der Waals surface area contributed by atoms with Crippen LogP contribution in [0, 0.1) is 11.8 Å². The largest absolute Gasteiger partial charge is 0.369 e. The van der Waals surface area contributed by atoms with Crippen molar-refractivity contribution >= 4 is 27.5 Å². The highest BCUT2D eigenvalue weighted by Gasteiger charge is 2.34. The molecule has 0 bridgehead atoms. The van der Waals surface area contributed by atoms with Gasteiger partial charge in [0.25, 0.3) is 0 Å². The molecule has 1 saturated heterocycles. The van der Waals surface area contributed by atoms with Gasteiger partial charge in [-0.15, -0.1) is 11.6 Å². The molecule has 1 fully saturated rings. The summed E-state index contributed by atoms with van der Waals surface area (Å²) in [7, 11) is -3.30. The Balaban J connectivity index is 2.62. The molecule has 0 radical (unpaired) electrons. The Morgan fingerprint density at radius 1 is 1.62 bits per heavy atom. The molecular formula is C9H17ClN2O3S. The molecule has 0 saturated carbocycles. The van der Waals surface area contributed by atoms with Crippen LogP contribution >= 0.6 is 11.6 Å².